The number of carbonyl (C=O) groups is 1. The highest BCUT2D eigenvalue weighted by atomic mass is 32.2. The lowest BCUT2D eigenvalue weighted by molar-refractivity contribution is -0.137. The molecule has 2 fully saturated rings. The molecule has 0 N–H and O–H groups in total. The van der Waals surface area contributed by atoms with Gasteiger partial charge in [0.05, 0.1) is 24.1 Å². The predicted molar refractivity (Wildman–Crippen MR) is 127 cm³/mol. The molecule has 0 radical (unpaired) electrons. The van der Waals surface area contributed by atoms with Crippen LogP contribution < -0.4 is 4.90 Å². The Morgan fingerprint density at radius 2 is 1.86 bits per heavy atom. The third-order valence-electron chi connectivity index (χ3n) is 6.64. The molecule has 11 nitrogen and oxygen atoms in total. The quantitative estimate of drug-likeness (QED) is 0.496. The van der Waals surface area contributed by atoms with E-state index in [0.717, 1.165) is 12.8 Å². The maximum absolute atomic E-state index is 13.2. The normalized spacial score (nSPS) is 19.8. The van der Waals surface area contributed by atoms with E-state index in [2.05, 4.69) is 20.1 Å². The molecule has 3 aromatic heterocycles. The summed E-state index contributed by atoms with van der Waals surface area (Å²) in [7, 11) is -3.26. The summed E-state index contributed by atoms with van der Waals surface area (Å²) >= 11 is 0. The average molecular weight is 521 g/mol. The van der Waals surface area contributed by atoms with E-state index in [1.54, 1.807) is 11.0 Å². The highest BCUT2D eigenvalue weighted by molar-refractivity contribution is 7.88. The predicted octanol–water partition coefficient (Wildman–Crippen LogP) is 1.44. The van der Waals surface area contributed by atoms with Gasteiger partial charge in [-0.2, -0.15) is 9.40 Å². The molecule has 192 valence electrons. The van der Waals surface area contributed by atoms with Gasteiger partial charge in [-0.1, -0.05) is 0 Å². The van der Waals surface area contributed by atoms with E-state index in [1.165, 1.54) is 39.7 Å². The summed E-state index contributed by atoms with van der Waals surface area (Å²) < 4.78 is 52.6. The topological polar surface area (TPSA) is 117 Å². The first-order valence-corrected chi connectivity index (χ1v) is 13.5. The number of hydrogen-bond donors (Lipinski definition) is 0. The number of nitrogens with zero attached hydrogens (tertiary/aromatic N) is 8. The van der Waals surface area contributed by atoms with Crippen LogP contribution in [0.15, 0.2) is 30.7 Å². The molecule has 2 aliphatic heterocycles. The van der Waals surface area contributed by atoms with Crippen molar-refractivity contribution in [2.24, 2.45) is 5.92 Å². The molecule has 2 saturated heterocycles. The minimum absolute atomic E-state index is 0.0210. The van der Waals surface area contributed by atoms with Gasteiger partial charge in [0, 0.05) is 45.3 Å². The molecule has 2 aliphatic rings. The van der Waals surface area contributed by atoms with Crippen LogP contribution in [0.2, 0.25) is 0 Å². The van der Waals surface area contributed by atoms with Crippen LogP contribution in [0.3, 0.4) is 0 Å². The summed E-state index contributed by atoms with van der Waals surface area (Å²) in [4.78, 5) is 29.9. The fourth-order valence-corrected chi connectivity index (χ4v) is 5.55. The number of fused-ring (bicyclic) bond motifs is 1. The number of amides is 1. The van der Waals surface area contributed by atoms with E-state index in [4.69, 9.17) is 0 Å². The minimum atomic E-state index is -3.26. The van der Waals surface area contributed by atoms with Crippen molar-refractivity contribution in [1.82, 2.24) is 33.8 Å². The van der Waals surface area contributed by atoms with E-state index in [9.17, 15) is 22.0 Å². The average Bonchev–Trinajstić information content (AvgIpc) is 3.31. The smallest absolute Gasteiger partial charge is 0.282 e. The van der Waals surface area contributed by atoms with Gasteiger partial charge in [0.2, 0.25) is 15.9 Å². The summed E-state index contributed by atoms with van der Waals surface area (Å²) in [5, 5.41) is 4.00. The van der Waals surface area contributed by atoms with Crippen molar-refractivity contribution in [3.05, 3.63) is 36.4 Å². The zero-order chi connectivity index (χ0) is 25.4. The number of carbonyl (C=O) groups excluding carboxylic acids is 1. The van der Waals surface area contributed by atoms with Gasteiger partial charge >= 0.3 is 0 Å². The fraction of sp³-hybridized carbons (Fsp3) is 0.500. The first kappa shape index (κ1) is 24.4. The lowest BCUT2D eigenvalue weighted by atomic mass is 9.96. The van der Waals surface area contributed by atoms with Crippen LogP contribution >= 0.6 is 0 Å². The molecule has 36 heavy (non-hydrogen) atoms. The molecule has 0 spiro atoms. The number of halogens is 2. The number of piperazine rings is 1. The number of rotatable bonds is 5. The van der Waals surface area contributed by atoms with Crippen LogP contribution in [0.1, 0.15) is 25.0 Å². The van der Waals surface area contributed by atoms with Gasteiger partial charge in [-0.25, -0.2) is 36.7 Å². The number of alkyl halides is 2. The van der Waals surface area contributed by atoms with Gasteiger partial charge in [-0.3, -0.25) is 4.79 Å². The van der Waals surface area contributed by atoms with Crippen molar-refractivity contribution in [3.8, 4) is 11.4 Å². The Hall–Kier alpha value is -3.26. The highest BCUT2D eigenvalue weighted by Gasteiger charge is 2.33. The Balaban J connectivity index is 1.32. The number of hydrogen-bond acceptors (Lipinski definition) is 8. The van der Waals surface area contributed by atoms with Crippen LogP contribution in [0, 0.1) is 5.92 Å². The standard InChI is InChI=1S/C22H26F2N8O3S/c1-36(34,35)31-9-7-29(8-10-31)22(33)15-3-2-6-30(13-15)20-11-17(26-14-27-20)18-12-25-19-5-4-16(21(23)24)28-32(18)19/h4-5,11-12,14-15,21H,2-3,6-10,13H2,1H3. The number of anilines is 1. The molecule has 0 aromatic carbocycles. The molecular formula is C22H26F2N8O3S. The second kappa shape index (κ2) is 9.65. The lowest BCUT2D eigenvalue weighted by Crippen LogP contribution is -2.53. The van der Waals surface area contributed by atoms with Gasteiger partial charge < -0.3 is 9.80 Å². The molecule has 5 rings (SSSR count). The summed E-state index contributed by atoms with van der Waals surface area (Å²) in [6, 6.07) is 4.47. The Morgan fingerprint density at radius 3 is 2.58 bits per heavy atom. The molecule has 14 heteroatoms. The summed E-state index contributed by atoms with van der Waals surface area (Å²) in [5.74, 6) is 0.417. The molecule has 1 unspecified atom stereocenters. The van der Waals surface area contributed by atoms with Crippen molar-refractivity contribution in [2.45, 2.75) is 19.3 Å². The largest absolute Gasteiger partial charge is 0.356 e. The zero-order valence-corrected chi connectivity index (χ0v) is 20.5. The Bertz CT molecular complexity index is 1370. The van der Waals surface area contributed by atoms with Gasteiger partial charge in [0.25, 0.3) is 6.43 Å². The first-order chi connectivity index (χ1) is 17.2. The molecule has 0 bridgehead atoms. The number of imidazole rings is 1. The molecule has 3 aromatic rings. The minimum Gasteiger partial charge on any atom is -0.356 e. The van der Waals surface area contributed by atoms with E-state index >= 15 is 0 Å². The lowest BCUT2D eigenvalue weighted by Gasteiger charge is -2.38. The second-order valence-corrected chi connectivity index (χ2v) is 11.0. The SMILES string of the molecule is CS(=O)(=O)N1CCN(C(=O)C2CCCN(c3cc(-c4cnc5ccc(C(F)F)nn45)ncn3)C2)CC1. The van der Waals surface area contributed by atoms with Gasteiger partial charge in [-0.15, -0.1) is 0 Å². The molecular weight excluding hydrogens is 494 g/mol. The van der Waals surface area contributed by atoms with Crippen molar-refractivity contribution in [1.29, 1.82) is 0 Å². The Morgan fingerprint density at radius 1 is 1.08 bits per heavy atom. The maximum atomic E-state index is 13.2. The highest BCUT2D eigenvalue weighted by Crippen LogP contribution is 2.27. The summed E-state index contributed by atoms with van der Waals surface area (Å²) in [5.41, 5.74) is 1.02. The van der Waals surface area contributed by atoms with E-state index in [0.29, 0.717) is 62.1 Å². The van der Waals surface area contributed by atoms with Gasteiger partial charge in [0.1, 0.15) is 23.5 Å². The third-order valence-corrected chi connectivity index (χ3v) is 7.94. The van der Waals surface area contributed by atoms with Crippen molar-refractivity contribution in [2.75, 3.05) is 50.4 Å². The van der Waals surface area contributed by atoms with Crippen molar-refractivity contribution >= 4 is 27.4 Å². The van der Waals surface area contributed by atoms with E-state index < -0.39 is 16.4 Å². The zero-order valence-electron chi connectivity index (χ0n) is 19.7. The summed E-state index contributed by atoms with van der Waals surface area (Å²) in [6.07, 6.45) is 2.95. The third kappa shape index (κ3) is 4.87. The van der Waals surface area contributed by atoms with E-state index in [-0.39, 0.29) is 17.5 Å². The van der Waals surface area contributed by atoms with Crippen LogP contribution in [-0.4, -0.2) is 93.6 Å². The van der Waals surface area contributed by atoms with Gasteiger partial charge in [-0.05, 0) is 25.0 Å². The van der Waals surface area contributed by atoms with Crippen LogP contribution in [0.25, 0.3) is 17.0 Å². The molecule has 0 aliphatic carbocycles. The second-order valence-electron chi connectivity index (χ2n) is 9.01. The summed E-state index contributed by atoms with van der Waals surface area (Å²) in [6.45, 7) is 2.54. The van der Waals surface area contributed by atoms with Crippen molar-refractivity contribution < 1.29 is 22.0 Å². The van der Waals surface area contributed by atoms with Crippen LogP contribution in [0.4, 0.5) is 14.6 Å². The van der Waals surface area contributed by atoms with Crippen LogP contribution in [-0.2, 0) is 14.8 Å². The Kier molecular flexibility index (Phi) is 6.55. The first-order valence-electron chi connectivity index (χ1n) is 11.6. The molecule has 1 amide bonds. The van der Waals surface area contributed by atoms with E-state index in [1.807, 2.05) is 4.90 Å². The number of aromatic nitrogens is 5. The van der Waals surface area contributed by atoms with Crippen LogP contribution in [0.5, 0.6) is 0 Å². The molecule has 5 heterocycles. The fourth-order valence-electron chi connectivity index (χ4n) is 4.72. The number of sulfonamides is 1. The maximum Gasteiger partial charge on any atom is 0.282 e. The van der Waals surface area contributed by atoms with Crippen molar-refractivity contribution in [3.63, 3.8) is 0 Å². The van der Waals surface area contributed by atoms with Gasteiger partial charge in [0.15, 0.2) is 5.65 Å². The molecule has 1 atom stereocenters. The Labute approximate surface area is 206 Å². The number of piperidine rings is 1. The molecule has 0 saturated carbocycles. The monoisotopic (exact) mass is 520 g/mol.